The van der Waals surface area contributed by atoms with Gasteiger partial charge in [-0.2, -0.15) is 0 Å². The zero-order valence-corrected chi connectivity index (χ0v) is 11.9. The average molecular weight is 281 g/mol. The minimum atomic E-state index is -0.872. The molecule has 0 saturated carbocycles. The van der Waals surface area contributed by atoms with Crippen molar-refractivity contribution in [2.24, 2.45) is 0 Å². The topological polar surface area (TPSA) is 92.6 Å². The molecule has 0 fully saturated rings. The highest BCUT2D eigenvalue weighted by Gasteiger charge is 2.15. The summed E-state index contributed by atoms with van der Waals surface area (Å²) in [5.41, 5.74) is 0.840. The Labute approximate surface area is 117 Å². The quantitative estimate of drug-likeness (QED) is 0.752. The third kappa shape index (κ3) is 4.18. The van der Waals surface area contributed by atoms with E-state index in [1.165, 1.54) is 6.20 Å². The van der Waals surface area contributed by atoms with Gasteiger partial charge in [0.25, 0.3) is 0 Å². The summed E-state index contributed by atoms with van der Waals surface area (Å²) >= 11 is 0. The van der Waals surface area contributed by atoms with Gasteiger partial charge in [0.2, 0.25) is 5.95 Å². The second-order valence-electron chi connectivity index (χ2n) is 4.11. The Morgan fingerprint density at radius 1 is 1.40 bits per heavy atom. The summed E-state index contributed by atoms with van der Waals surface area (Å²) in [7, 11) is 0. The van der Waals surface area contributed by atoms with Gasteiger partial charge in [-0.1, -0.05) is 0 Å². The Bertz CT molecular complexity index is 491. The molecule has 0 atom stereocenters. The molecular weight excluding hydrogens is 262 g/mol. The van der Waals surface area contributed by atoms with Gasteiger partial charge >= 0.3 is 11.9 Å². The zero-order chi connectivity index (χ0) is 15.1. The number of ether oxygens (including phenoxy) is 1. The predicted octanol–water partition coefficient (Wildman–Crippen LogP) is 1.26. The summed E-state index contributed by atoms with van der Waals surface area (Å²) in [5.74, 6) is -0.909. The molecule has 0 radical (unpaired) electrons. The fourth-order valence-corrected chi connectivity index (χ4v) is 1.65. The van der Waals surface area contributed by atoms with Crippen molar-refractivity contribution in [1.82, 2.24) is 9.97 Å². The lowest BCUT2D eigenvalue weighted by Gasteiger charge is -2.20. The van der Waals surface area contributed by atoms with E-state index in [1.54, 1.807) is 18.7 Å². The predicted molar refractivity (Wildman–Crippen MR) is 72.9 cm³/mol. The molecule has 1 aromatic rings. The van der Waals surface area contributed by atoms with Crippen LogP contribution in [0.1, 0.15) is 36.3 Å². The minimum Gasteiger partial charge on any atom is -0.481 e. The molecule has 7 heteroatoms. The second kappa shape index (κ2) is 7.42. The number of nitrogens with zero attached hydrogens (tertiary/aromatic N) is 3. The van der Waals surface area contributed by atoms with E-state index in [2.05, 4.69) is 9.97 Å². The summed E-state index contributed by atoms with van der Waals surface area (Å²) in [4.78, 5) is 32.3. The number of carbonyl (C=O) groups is 2. The maximum absolute atomic E-state index is 11.6. The van der Waals surface area contributed by atoms with Crippen molar-refractivity contribution in [3.05, 3.63) is 17.5 Å². The fraction of sp³-hybridized carbons (Fsp3) is 0.538. The van der Waals surface area contributed by atoms with E-state index >= 15 is 0 Å². The molecule has 1 rings (SSSR count). The molecule has 0 bridgehead atoms. The summed E-state index contributed by atoms with van der Waals surface area (Å²) < 4.78 is 4.90. The Kier molecular flexibility index (Phi) is 5.89. The standard InChI is InChI=1S/C13H19N3O4/c1-4-16(7-6-11(17)18)13-14-8-10(9(3)15-13)12(19)20-5-2/h8H,4-7H2,1-3H3,(H,17,18). The first-order chi connectivity index (χ1) is 9.49. The van der Waals surface area contributed by atoms with Crippen LogP contribution in [0, 0.1) is 6.92 Å². The van der Waals surface area contributed by atoms with Gasteiger partial charge in [0.05, 0.1) is 24.3 Å². The molecular formula is C13H19N3O4. The molecule has 1 aromatic heterocycles. The molecule has 0 saturated heterocycles. The van der Waals surface area contributed by atoms with Crippen LogP contribution in [0.5, 0.6) is 0 Å². The lowest BCUT2D eigenvalue weighted by Crippen LogP contribution is -2.28. The Morgan fingerprint density at radius 3 is 2.60 bits per heavy atom. The lowest BCUT2D eigenvalue weighted by molar-refractivity contribution is -0.136. The summed E-state index contributed by atoms with van der Waals surface area (Å²) in [6, 6.07) is 0. The van der Waals surface area contributed by atoms with Crippen LogP contribution >= 0.6 is 0 Å². The first-order valence-corrected chi connectivity index (χ1v) is 6.47. The highest BCUT2D eigenvalue weighted by Crippen LogP contribution is 2.12. The number of rotatable bonds is 7. The maximum atomic E-state index is 11.6. The summed E-state index contributed by atoms with van der Waals surface area (Å²) in [5, 5.41) is 8.71. The third-order valence-electron chi connectivity index (χ3n) is 2.72. The molecule has 0 aliphatic rings. The Balaban J connectivity index is 2.89. The Morgan fingerprint density at radius 2 is 2.10 bits per heavy atom. The SMILES string of the molecule is CCOC(=O)c1cnc(N(CC)CCC(=O)O)nc1C. The van der Waals surface area contributed by atoms with Gasteiger partial charge in [0.15, 0.2) is 0 Å². The van der Waals surface area contributed by atoms with Gasteiger partial charge in [0, 0.05) is 19.3 Å². The van der Waals surface area contributed by atoms with Crippen LogP contribution in [-0.2, 0) is 9.53 Å². The molecule has 0 aliphatic carbocycles. The van der Waals surface area contributed by atoms with Crippen LogP contribution in [0.2, 0.25) is 0 Å². The number of hydrogen-bond donors (Lipinski definition) is 1. The van der Waals surface area contributed by atoms with Crippen molar-refractivity contribution in [3.8, 4) is 0 Å². The first-order valence-electron chi connectivity index (χ1n) is 6.47. The van der Waals surface area contributed by atoms with Crippen LogP contribution in [-0.4, -0.2) is 46.7 Å². The number of aromatic nitrogens is 2. The second-order valence-corrected chi connectivity index (χ2v) is 4.11. The molecule has 1 N–H and O–H groups in total. The summed E-state index contributed by atoms with van der Waals surface area (Å²) in [6.45, 7) is 6.52. The van der Waals surface area contributed by atoms with Gasteiger partial charge in [-0.15, -0.1) is 0 Å². The number of aliphatic carboxylic acids is 1. The lowest BCUT2D eigenvalue weighted by atomic mass is 10.2. The van der Waals surface area contributed by atoms with Gasteiger partial charge in [0.1, 0.15) is 0 Å². The minimum absolute atomic E-state index is 0.00980. The fourth-order valence-electron chi connectivity index (χ4n) is 1.65. The van der Waals surface area contributed by atoms with Crippen LogP contribution < -0.4 is 4.90 Å². The maximum Gasteiger partial charge on any atom is 0.341 e. The van der Waals surface area contributed by atoms with Crippen molar-refractivity contribution < 1.29 is 19.4 Å². The van der Waals surface area contributed by atoms with E-state index in [1.807, 2.05) is 6.92 Å². The molecule has 110 valence electrons. The van der Waals surface area contributed by atoms with Crippen molar-refractivity contribution >= 4 is 17.9 Å². The van der Waals surface area contributed by atoms with Crippen LogP contribution in [0.15, 0.2) is 6.20 Å². The highest BCUT2D eigenvalue weighted by molar-refractivity contribution is 5.90. The number of hydrogen-bond acceptors (Lipinski definition) is 6. The van der Waals surface area contributed by atoms with Crippen LogP contribution in [0.25, 0.3) is 0 Å². The highest BCUT2D eigenvalue weighted by atomic mass is 16.5. The van der Waals surface area contributed by atoms with E-state index in [4.69, 9.17) is 9.84 Å². The molecule has 20 heavy (non-hydrogen) atoms. The van der Waals surface area contributed by atoms with Gasteiger partial charge in [-0.3, -0.25) is 4.79 Å². The first kappa shape index (κ1) is 15.9. The molecule has 0 unspecified atom stereocenters. The average Bonchev–Trinajstić information content (AvgIpc) is 2.39. The van der Waals surface area contributed by atoms with Gasteiger partial charge < -0.3 is 14.7 Å². The summed E-state index contributed by atoms with van der Waals surface area (Å²) in [6.07, 6.45) is 1.43. The van der Waals surface area contributed by atoms with Gasteiger partial charge in [-0.05, 0) is 20.8 Å². The molecule has 1 heterocycles. The number of carbonyl (C=O) groups excluding carboxylic acids is 1. The van der Waals surface area contributed by atoms with Crippen molar-refractivity contribution in [2.45, 2.75) is 27.2 Å². The smallest absolute Gasteiger partial charge is 0.341 e. The third-order valence-corrected chi connectivity index (χ3v) is 2.72. The van der Waals surface area contributed by atoms with Crippen LogP contribution in [0.4, 0.5) is 5.95 Å². The van der Waals surface area contributed by atoms with Crippen molar-refractivity contribution in [3.63, 3.8) is 0 Å². The van der Waals surface area contributed by atoms with E-state index in [9.17, 15) is 9.59 Å². The molecule has 0 spiro atoms. The number of anilines is 1. The monoisotopic (exact) mass is 281 g/mol. The van der Waals surface area contributed by atoms with E-state index < -0.39 is 11.9 Å². The molecule has 7 nitrogen and oxygen atoms in total. The zero-order valence-electron chi connectivity index (χ0n) is 11.9. The number of esters is 1. The molecule has 0 aliphatic heterocycles. The largest absolute Gasteiger partial charge is 0.481 e. The number of aryl methyl sites for hydroxylation is 1. The van der Waals surface area contributed by atoms with Gasteiger partial charge in [-0.25, -0.2) is 14.8 Å². The van der Waals surface area contributed by atoms with E-state index in [0.29, 0.717) is 36.9 Å². The van der Waals surface area contributed by atoms with Crippen molar-refractivity contribution in [2.75, 3.05) is 24.6 Å². The molecule has 0 aromatic carbocycles. The van der Waals surface area contributed by atoms with E-state index in [-0.39, 0.29) is 6.42 Å². The van der Waals surface area contributed by atoms with E-state index in [0.717, 1.165) is 0 Å². The molecule has 0 amide bonds. The van der Waals surface area contributed by atoms with Crippen LogP contribution in [0.3, 0.4) is 0 Å². The Hall–Kier alpha value is -2.18. The normalized spacial score (nSPS) is 10.2. The number of carboxylic acids is 1. The number of carboxylic acid groups (broad SMARTS) is 1. The van der Waals surface area contributed by atoms with Crippen molar-refractivity contribution in [1.29, 1.82) is 0 Å².